The van der Waals surface area contributed by atoms with Gasteiger partial charge in [-0.2, -0.15) is 0 Å². The average molecular weight is 446 g/mol. The maximum Gasteiger partial charge on any atom is 0.411 e. The van der Waals surface area contributed by atoms with Crippen LogP contribution in [0.15, 0.2) is 48.5 Å². The normalized spacial score (nSPS) is 15.5. The van der Waals surface area contributed by atoms with E-state index in [4.69, 9.17) is 9.47 Å². The highest BCUT2D eigenvalue weighted by atomic mass is 19.1. The van der Waals surface area contributed by atoms with Gasteiger partial charge in [-0.05, 0) is 54.4 Å². The highest BCUT2D eigenvalue weighted by Gasteiger charge is 2.20. The van der Waals surface area contributed by atoms with Crippen molar-refractivity contribution in [3.05, 3.63) is 54.3 Å². The predicted molar refractivity (Wildman–Crippen MR) is 123 cm³/mol. The molecule has 0 saturated carbocycles. The van der Waals surface area contributed by atoms with Crippen LogP contribution in [0.1, 0.15) is 13.8 Å². The SMILES string of the molecule is CC(C)COC(=O)Nc1ccc(OCC(O)CN2CCN(c3ccc(F)cc3)CC2)cc1. The van der Waals surface area contributed by atoms with E-state index in [0.29, 0.717) is 24.6 Å². The minimum Gasteiger partial charge on any atom is -0.491 e. The van der Waals surface area contributed by atoms with Gasteiger partial charge in [0.05, 0.1) is 6.61 Å². The summed E-state index contributed by atoms with van der Waals surface area (Å²) in [6.45, 7) is 8.32. The molecule has 2 N–H and O–H groups in total. The van der Waals surface area contributed by atoms with E-state index in [-0.39, 0.29) is 18.3 Å². The van der Waals surface area contributed by atoms with Crippen molar-refractivity contribution in [2.45, 2.75) is 20.0 Å². The summed E-state index contributed by atoms with van der Waals surface area (Å²) in [5, 5.41) is 13.0. The summed E-state index contributed by atoms with van der Waals surface area (Å²) in [5.74, 6) is 0.665. The molecule has 1 aliphatic heterocycles. The van der Waals surface area contributed by atoms with Crippen LogP contribution in [0.4, 0.5) is 20.6 Å². The van der Waals surface area contributed by atoms with E-state index in [0.717, 1.165) is 31.9 Å². The Labute approximate surface area is 188 Å². The number of amides is 1. The van der Waals surface area contributed by atoms with E-state index in [9.17, 15) is 14.3 Å². The van der Waals surface area contributed by atoms with Gasteiger partial charge < -0.3 is 19.5 Å². The van der Waals surface area contributed by atoms with Crippen molar-refractivity contribution in [3.8, 4) is 5.75 Å². The first-order valence-electron chi connectivity index (χ1n) is 11.0. The zero-order valence-electron chi connectivity index (χ0n) is 18.7. The van der Waals surface area contributed by atoms with Gasteiger partial charge in [-0.3, -0.25) is 10.2 Å². The second kappa shape index (κ2) is 11.7. The molecule has 0 spiro atoms. The van der Waals surface area contributed by atoms with Crippen LogP contribution in [0.2, 0.25) is 0 Å². The van der Waals surface area contributed by atoms with Crippen LogP contribution in [-0.4, -0.2) is 68.1 Å². The molecule has 0 radical (unpaired) electrons. The fraction of sp³-hybridized carbons (Fsp3) is 0.458. The number of hydrogen-bond acceptors (Lipinski definition) is 6. The number of nitrogens with one attached hydrogen (secondary N) is 1. The van der Waals surface area contributed by atoms with E-state index >= 15 is 0 Å². The van der Waals surface area contributed by atoms with Gasteiger partial charge >= 0.3 is 6.09 Å². The van der Waals surface area contributed by atoms with Crippen molar-refractivity contribution in [2.24, 2.45) is 5.92 Å². The fourth-order valence-corrected chi connectivity index (χ4v) is 3.41. The molecule has 1 aliphatic rings. The highest BCUT2D eigenvalue weighted by molar-refractivity contribution is 5.84. The Morgan fingerprint density at radius 2 is 1.69 bits per heavy atom. The molecule has 1 amide bonds. The number of anilines is 2. The lowest BCUT2D eigenvalue weighted by Crippen LogP contribution is -2.49. The summed E-state index contributed by atoms with van der Waals surface area (Å²) in [4.78, 5) is 16.1. The largest absolute Gasteiger partial charge is 0.491 e. The third-order valence-electron chi connectivity index (χ3n) is 5.12. The van der Waals surface area contributed by atoms with Crippen LogP contribution in [0.3, 0.4) is 0 Å². The standard InChI is InChI=1S/C24H32FN3O4/c1-18(2)16-32-24(30)26-20-5-9-23(10-6-20)31-17-22(29)15-27-11-13-28(14-12-27)21-7-3-19(25)4-8-21/h3-10,18,22,29H,11-17H2,1-2H3,(H,26,30). The van der Waals surface area contributed by atoms with Crippen LogP contribution >= 0.6 is 0 Å². The van der Waals surface area contributed by atoms with Gasteiger partial charge in [0.2, 0.25) is 0 Å². The summed E-state index contributed by atoms with van der Waals surface area (Å²) in [6, 6.07) is 13.5. The summed E-state index contributed by atoms with van der Waals surface area (Å²) in [5.41, 5.74) is 1.63. The number of halogens is 1. The fourth-order valence-electron chi connectivity index (χ4n) is 3.41. The number of carbonyl (C=O) groups is 1. The maximum atomic E-state index is 13.1. The van der Waals surface area contributed by atoms with Crippen molar-refractivity contribution in [1.29, 1.82) is 0 Å². The van der Waals surface area contributed by atoms with Crippen LogP contribution in [0.25, 0.3) is 0 Å². The molecule has 1 fully saturated rings. The Kier molecular flexibility index (Phi) is 8.70. The van der Waals surface area contributed by atoms with Crippen molar-refractivity contribution < 1.29 is 23.8 Å². The minimum absolute atomic E-state index is 0.182. The summed E-state index contributed by atoms with van der Waals surface area (Å²) < 4.78 is 23.9. The molecule has 32 heavy (non-hydrogen) atoms. The Morgan fingerprint density at radius 3 is 2.31 bits per heavy atom. The highest BCUT2D eigenvalue weighted by Crippen LogP contribution is 2.18. The van der Waals surface area contributed by atoms with E-state index in [1.807, 2.05) is 13.8 Å². The third-order valence-corrected chi connectivity index (χ3v) is 5.12. The Bertz CT molecular complexity index is 837. The smallest absolute Gasteiger partial charge is 0.411 e. The Morgan fingerprint density at radius 1 is 1.03 bits per heavy atom. The van der Waals surface area contributed by atoms with Gasteiger partial charge in [-0.25, -0.2) is 9.18 Å². The number of nitrogens with zero attached hydrogens (tertiary/aromatic N) is 2. The molecule has 0 bridgehead atoms. The second-order valence-corrected chi connectivity index (χ2v) is 8.37. The average Bonchev–Trinajstić information content (AvgIpc) is 2.78. The Hall–Kier alpha value is -2.84. The van der Waals surface area contributed by atoms with Crippen LogP contribution in [0.5, 0.6) is 5.75 Å². The van der Waals surface area contributed by atoms with E-state index in [2.05, 4.69) is 15.1 Å². The number of β-amino-alcohol motifs (C(OH)–C–C–N with tert-alkyl or cyclic N) is 1. The van der Waals surface area contributed by atoms with E-state index < -0.39 is 12.2 Å². The van der Waals surface area contributed by atoms with Gasteiger partial charge in [-0.15, -0.1) is 0 Å². The van der Waals surface area contributed by atoms with Gasteiger partial charge in [0.15, 0.2) is 0 Å². The maximum absolute atomic E-state index is 13.1. The first kappa shape index (κ1) is 23.8. The number of carbonyl (C=O) groups excluding carboxylic acids is 1. The monoisotopic (exact) mass is 445 g/mol. The molecule has 174 valence electrons. The zero-order chi connectivity index (χ0) is 22.9. The lowest BCUT2D eigenvalue weighted by Gasteiger charge is -2.36. The molecule has 1 saturated heterocycles. The number of rotatable bonds is 9. The number of aliphatic hydroxyl groups is 1. The molecule has 1 atom stereocenters. The zero-order valence-corrected chi connectivity index (χ0v) is 18.7. The molecule has 0 aliphatic carbocycles. The molecule has 8 heteroatoms. The lowest BCUT2D eigenvalue weighted by molar-refractivity contribution is 0.0663. The molecule has 0 aromatic heterocycles. The topological polar surface area (TPSA) is 74.3 Å². The van der Waals surface area contributed by atoms with E-state index in [1.54, 1.807) is 36.4 Å². The number of aliphatic hydroxyl groups excluding tert-OH is 1. The van der Waals surface area contributed by atoms with Gasteiger partial charge in [-0.1, -0.05) is 13.8 Å². The summed E-state index contributed by atoms with van der Waals surface area (Å²) in [6.07, 6.45) is -1.10. The molecular weight excluding hydrogens is 413 g/mol. The number of ether oxygens (including phenoxy) is 2. The third kappa shape index (κ3) is 7.69. The quantitative estimate of drug-likeness (QED) is 0.615. The Balaban J connectivity index is 1.35. The van der Waals surface area contributed by atoms with Crippen molar-refractivity contribution in [1.82, 2.24) is 4.90 Å². The molecular formula is C24H32FN3O4. The van der Waals surface area contributed by atoms with E-state index in [1.165, 1.54) is 12.1 Å². The minimum atomic E-state index is -0.615. The van der Waals surface area contributed by atoms with Crippen LogP contribution in [-0.2, 0) is 4.74 Å². The first-order valence-corrected chi connectivity index (χ1v) is 11.0. The molecule has 2 aromatic rings. The lowest BCUT2D eigenvalue weighted by atomic mass is 10.2. The number of benzene rings is 2. The molecule has 3 rings (SSSR count). The van der Waals surface area contributed by atoms with Gasteiger partial charge in [0.1, 0.15) is 24.3 Å². The number of piperazine rings is 1. The first-order chi connectivity index (χ1) is 15.4. The van der Waals surface area contributed by atoms with Gasteiger partial charge in [0.25, 0.3) is 0 Å². The second-order valence-electron chi connectivity index (χ2n) is 8.37. The molecule has 2 aromatic carbocycles. The summed E-state index contributed by atoms with van der Waals surface area (Å²) >= 11 is 0. The van der Waals surface area contributed by atoms with Crippen LogP contribution in [0, 0.1) is 11.7 Å². The molecule has 1 unspecified atom stereocenters. The van der Waals surface area contributed by atoms with Gasteiger partial charge in [0, 0.05) is 44.1 Å². The van der Waals surface area contributed by atoms with Crippen molar-refractivity contribution >= 4 is 17.5 Å². The number of hydrogen-bond donors (Lipinski definition) is 2. The van der Waals surface area contributed by atoms with Crippen molar-refractivity contribution in [2.75, 3.05) is 56.2 Å². The van der Waals surface area contributed by atoms with Crippen LogP contribution < -0.4 is 15.0 Å². The predicted octanol–water partition coefficient (Wildman–Crippen LogP) is 3.59. The molecule has 7 nitrogen and oxygen atoms in total. The van der Waals surface area contributed by atoms with Crippen molar-refractivity contribution in [3.63, 3.8) is 0 Å². The molecule has 1 heterocycles. The summed E-state index contributed by atoms with van der Waals surface area (Å²) in [7, 11) is 0.